The number of aryl methyl sites for hydroxylation is 1. The van der Waals surface area contributed by atoms with Gasteiger partial charge in [0, 0.05) is 19.2 Å². The molecule has 2 heterocycles. The summed E-state index contributed by atoms with van der Waals surface area (Å²) in [6.45, 7) is 3.27. The van der Waals surface area contributed by atoms with Crippen LogP contribution in [0.3, 0.4) is 0 Å². The molecule has 0 unspecified atom stereocenters. The monoisotopic (exact) mass is 275 g/mol. The van der Waals surface area contributed by atoms with E-state index in [0.29, 0.717) is 13.0 Å². The fraction of sp³-hybridized carbons (Fsp3) is 0.533. The Morgan fingerprint density at radius 1 is 1.30 bits per heavy atom. The number of hydrogen-bond acceptors (Lipinski definition) is 4. The van der Waals surface area contributed by atoms with E-state index in [1.165, 1.54) is 0 Å². The molecular weight excluding hydrogens is 254 g/mol. The third-order valence-electron chi connectivity index (χ3n) is 3.26. The van der Waals surface area contributed by atoms with Gasteiger partial charge < -0.3 is 9.30 Å². The first kappa shape index (κ1) is 14.5. The van der Waals surface area contributed by atoms with E-state index in [1.54, 1.807) is 12.4 Å². The summed E-state index contributed by atoms with van der Waals surface area (Å²) >= 11 is 0. The van der Waals surface area contributed by atoms with Crippen LogP contribution >= 0.6 is 0 Å². The first-order chi connectivity index (χ1) is 9.81. The molecule has 0 amide bonds. The molecule has 0 aromatic carbocycles. The molecular formula is C15H21N3O2. The van der Waals surface area contributed by atoms with E-state index in [2.05, 4.69) is 14.5 Å². The number of esters is 1. The lowest BCUT2D eigenvalue weighted by molar-refractivity contribution is -0.143. The third kappa shape index (κ3) is 4.05. The molecule has 0 N–H and O–H groups in total. The highest BCUT2D eigenvalue weighted by molar-refractivity contribution is 5.73. The molecule has 0 atom stereocenters. The Morgan fingerprint density at radius 2 is 2.15 bits per heavy atom. The van der Waals surface area contributed by atoms with Gasteiger partial charge in [-0.3, -0.25) is 9.78 Å². The van der Waals surface area contributed by atoms with Crippen molar-refractivity contribution in [1.29, 1.82) is 0 Å². The number of nitrogens with zero attached hydrogens (tertiary/aromatic N) is 3. The van der Waals surface area contributed by atoms with Gasteiger partial charge in [-0.1, -0.05) is 12.8 Å². The number of aromatic nitrogens is 3. The molecule has 2 rings (SSSR count). The predicted molar refractivity (Wildman–Crippen MR) is 77.2 cm³/mol. The zero-order chi connectivity index (χ0) is 14.2. The summed E-state index contributed by atoms with van der Waals surface area (Å²) in [5.74, 6) is -0.0828. The lowest BCUT2D eigenvalue weighted by Gasteiger charge is -2.04. The largest absolute Gasteiger partial charge is 0.466 e. The molecule has 0 bridgehead atoms. The van der Waals surface area contributed by atoms with Crippen molar-refractivity contribution in [2.75, 3.05) is 6.61 Å². The fourth-order valence-electron chi connectivity index (χ4n) is 2.23. The van der Waals surface area contributed by atoms with Crippen molar-refractivity contribution >= 4 is 17.0 Å². The fourth-order valence-corrected chi connectivity index (χ4v) is 2.23. The van der Waals surface area contributed by atoms with Gasteiger partial charge in [0.25, 0.3) is 0 Å². The molecule has 0 fully saturated rings. The molecule has 108 valence electrons. The summed E-state index contributed by atoms with van der Waals surface area (Å²) in [4.78, 5) is 19.5. The number of fused-ring (bicyclic) bond motifs is 1. The van der Waals surface area contributed by atoms with Crippen LogP contribution in [0.1, 0.15) is 39.0 Å². The van der Waals surface area contributed by atoms with Crippen LogP contribution < -0.4 is 0 Å². The molecule has 0 aliphatic heterocycles. The highest BCUT2D eigenvalue weighted by atomic mass is 16.5. The van der Waals surface area contributed by atoms with Crippen molar-refractivity contribution in [2.24, 2.45) is 0 Å². The summed E-state index contributed by atoms with van der Waals surface area (Å²) in [6, 6.07) is 1.99. The van der Waals surface area contributed by atoms with Gasteiger partial charge >= 0.3 is 5.97 Å². The van der Waals surface area contributed by atoms with Gasteiger partial charge in [0.1, 0.15) is 5.52 Å². The Balaban J connectivity index is 1.65. The van der Waals surface area contributed by atoms with Crippen LogP contribution in [0.25, 0.3) is 11.0 Å². The summed E-state index contributed by atoms with van der Waals surface area (Å²) in [6.07, 6.45) is 10.2. The van der Waals surface area contributed by atoms with Gasteiger partial charge in [-0.15, -0.1) is 0 Å². The van der Waals surface area contributed by atoms with Crippen molar-refractivity contribution in [3.8, 4) is 0 Å². The van der Waals surface area contributed by atoms with Crippen molar-refractivity contribution in [3.05, 3.63) is 24.8 Å². The van der Waals surface area contributed by atoms with E-state index in [4.69, 9.17) is 4.74 Å². The Morgan fingerprint density at radius 3 is 3.00 bits per heavy atom. The van der Waals surface area contributed by atoms with Gasteiger partial charge in [0.15, 0.2) is 0 Å². The Kier molecular flexibility index (Phi) is 5.53. The second-order valence-electron chi connectivity index (χ2n) is 4.77. The average molecular weight is 275 g/mol. The van der Waals surface area contributed by atoms with E-state index in [-0.39, 0.29) is 5.97 Å². The van der Waals surface area contributed by atoms with E-state index in [1.807, 2.05) is 19.3 Å². The van der Waals surface area contributed by atoms with Crippen molar-refractivity contribution in [2.45, 2.75) is 45.6 Å². The van der Waals surface area contributed by atoms with Gasteiger partial charge in [0.05, 0.1) is 24.6 Å². The first-order valence-electron chi connectivity index (χ1n) is 7.21. The normalized spacial score (nSPS) is 10.8. The Bertz CT molecular complexity index is 551. The van der Waals surface area contributed by atoms with Crippen molar-refractivity contribution in [1.82, 2.24) is 14.5 Å². The SMILES string of the molecule is CCOC(=O)CCCCCCn1cnc2cnccc21. The van der Waals surface area contributed by atoms with E-state index < -0.39 is 0 Å². The lowest BCUT2D eigenvalue weighted by Crippen LogP contribution is -2.03. The number of carbonyl (C=O) groups excluding carboxylic acids is 1. The first-order valence-corrected chi connectivity index (χ1v) is 7.21. The predicted octanol–water partition coefficient (Wildman–Crippen LogP) is 2.94. The standard InChI is InChI=1S/C15H21N3O2/c1-2-20-15(19)7-5-3-4-6-10-18-12-17-13-11-16-9-8-14(13)18/h8-9,11-12H,2-7,10H2,1H3. The molecule has 0 aliphatic rings. The van der Waals surface area contributed by atoms with Crippen LogP contribution in [-0.4, -0.2) is 27.1 Å². The minimum Gasteiger partial charge on any atom is -0.466 e. The molecule has 20 heavy (non-hydrogen) atoms. The topological polar surface area (TPSA) is 57.0 Å². The van der Waals surface area contributed by atoms with Gasteiger partial charge in [-0.2, -0.15) is 0 Å². The van der Waals surface area contributed by atoms with Crippen molar-refractivity contribution in [3.63, 3.8) is 0 Å². The molecule has 0 saturated heterocycles. The zero-order valence-corrected chi connectivity index (χ0v) is 11.9. The molecule has 2 aromatic rings. The minimum atomic E-state index is -0.0828. The lowest BCUT2D eigenvalue weighted by atomic mass is 10.1. The van der Waals surface area contributed by atoms with Crippen molar-refractivity contribution < 1.29 is 9.53 Å². The smallest absolute Gasteiger partial charge is 0.305 e. The Hall–Kier alpha value is -1.91. The molecule has 0 radical (unpaired) electrons. The maximum Gasteiger partial charge on any atom is 0.305 e. The van der Waals surface area contributed by atoms with E-state index in [9.17, 15) is 4.79 Å². The summed E-state index contributed by atoms with van der Waals surface area (Å²) in [5, 5.41) is 0. The quantitative estimate of drug-likeness (QED) is 0.549. The van der Waals surface area contributed by atoms with Crippen LogP contribution in [0, 0.1) is 0 Å². The molecule has 0 saturated carbocycles. The molecule has 5 nitrogen and oxygen atoms in total. The Labute approximate surface area is 119 Å². The third-order valence-corrected chi connectivity index (χ3v) is 3.26. The van der Waals surface area contributed by atoms with Crippen LogP contribution in [0.4, 0.5) is 0 Å². The van der Waals surface area contributed by atoms with Gasteiger partial charge in [-0.05, 0) is 25.8 Å². The van der Waals surface area contributed by atoms with E-state index >= 15 is 0 Å². The summed E-state index contributed by atoms with van der Waals surface area (Å²) in [7, 11) is 0. The minimum absolute atomic E-state index is 0.0828. The van der Waals surface area contributed by atoms with Crippen LogP contribution in [0.5, 0.6) is 0 Å². The number of pyridine rings is 1. The molecule has 0 aliphatic carbocycles. The number of carbonyl (C=O) groups is 1. The van der Waals surface area contributed by atoms with Crippen LogP contribution in [0.2, 0.25) is 0 Å². The highest BCUT2D eigenvalue weighted by Gasteiger charge is 2.03. The number of rotatable bonds is 8. The molecule has 2 aromatic heterocycles. The van der Waals surface area contributed by atoms with Crippen LogP contribution in [0.15, 0.2) is 24.8 Å². The molecule has 5 heteroatoms. The van der Waals surface area contributed by atoms with Gasteiger partial charge in [-0.25, -0.2) is 4.98 Å². The van der Waals surface area contributed by atoms with E-state index in [0.717, 1.165) is 43.3 Å². The maximum absolute atomic E-state index is 11.2. The van der Waals surface area contributed by atoms with Crippen LogP contribution in [-0.2, 0) is 16.1 Å². The average Bonchev–Trinajstić information content (AvgIpc) is 2.86. The molecule has 0 spiro atoms. The maximum atomic E-state index is 11.2. The highest BCUT2D eigenvalue weighted by Crippen LogP contribution is 2.12. The summed E-state index contributed by atoms with van der Waals surface area (Å²) < 4.78 is 7.05. The number of ether oxygens (including phenoxy) is 1. The number of hydrogen-bond donors (Lipinski definition) is 0. The number of unbranched alkanes of at least 4 members (excludes halogenated alkanes) is 3. The number of imidazole rings is 1. The van der Waals surface area contributed by atoms with Gasteiger partial charge in [0.2, 0.25) is 0 Å². The summed E-state index contributed by atoms with van der Waals surface area (Å²) in [5.41, 5.74) is 2.07. The second-order valence-corrected chi connectivity index (χ2v) is 4.77. The zero-order valence-electron chi connectivity index (χ0n) is 11.9. The second kappa shape index (κ2) is 7.62.